The number of benzene rings is 2. The Kier molecular flexibility index (Phi) is 4.53. The van der Waals surface area contributed by atoms with Gasteiger partial charge in [0.2, 0.25) is 5.91 Å². The first-order valence-electron chi connectivity index (χ1n) is 6.71. The lowest BCUT2D eigenvalue weighted by Crippen LogP contribution is -2.15. The molecule has 0 atom stereocenters. The van der Waals surface area contributed by atoms with Crippen molar-refractivity contribution < 1.29 is 4.79 Å². The molecule has 0 saturated carbocycles. The van der Waals surface area contributed by atoms with Crippen LogP contribution in [0.1, 0.15) is 32.6 Å². The minimum Gasteiger partial charge on any atom is -0.366 e. The zero-order valence-corrected chi connectivity index (χ0v) is 11.9. The second-order valence-electron chi connectivity index (χ2n) is 5.16. The Labute approximate surface area is 119 Å². The molecule has 0 aromatic heterocycles. The van der Waals surface area contributed by atoms with E-state index >= 15 is 0 Å². The predicted molar refractivity (Wildman–Crippen MR) is 81.4 cm³/mol. The van der Waals surface area contributed by atoms with E-state index in [9.17, 15) is 4.79 Å². The molecule has 0 fully saturated rings. The standard InChI is InChI=1S/C17H20N2O/c1-12-6-13(2)8-15(7-12)11-19-10-14-4-3-5-16(9-14)17(18)20/h3-9,19H,10-11H2,1-2H3,(H2,18,20). The SMILES string of the molecule is Cc1cc(C)cc(CNCc2cccc(C(N)=O)c2)c1. The zero-order chi connectivity index (χ0) is 14.5. The van der Waals surface area contributed by atoms with E-state index in [4.69, 9.17) is 5.73 Å². The van der Waals surface area contributed by atoms with Gasteiger partial charge >= 0.3 is 0 Å². The molecule has 0 unspecified atom stereocenters. The Hall–Kier alpha value is -2.13. The largest absolute Gasteiger partial charge is 0.366 e. The van der Waals surface area contributed by atoms with Crippen LogP contribution in [0.3, 0.4) is 0 Å². The second kappa shape index (κ2) is 6.35. The van der Waals surface area contributed by atoms with E-state index in [0.29, 0.717) is 12.1 Å². The van der Waals surface area contributed by atoms with Crippen LogP contribution in [0.15, 0.2) is 42.5 Å². The van der Waals surface area contributed by atoms with Crippen molar-refractivity contribution in [1.29, 1.82) is 0 Å². The van der Waals surface area contributed by atoms with Gasteiger partial charge in [0, 0.05) is 18.7 Å². The van der Waals surface area contributed by atoms with E-state index in [2.05, 4.69) is 37.4 Å². The molecule has 3 heteroatoms. The van der Waals surface area contributed by atoms with E-state index in [-0.39, 0.29) is 5.91 Å². The lowest BCUT2D eigenvalue weighted by atomic mass is 10.1. The summed E-state index contributed by atoms with van der Waals surface area (Å²) in [7, 11) is 0. The number of aryl methyl sites for hydroxylation is 2. The Morgan fingerprint density at radius 1 is 1.00 bits per heavy atom. The molecule has 0 aliphatic rings. The lowest BCUT2D eigenvalue weighted by Gasteiger charge is -2.08. The average Bonchev–Trinajstić information content (AvgIpc) is 2.38. The van der Waals surface area contributed by atoms with E-state index in [0.717, 1.165) is 12.1 Å². The molecule has 2 rings (SSSR count). The molecule has 0 aliphatic heterocycles. The Morgan fingerprint density at radius 2 is 1.65 bits per heavy atom. The highest BCUT2D eigenvalue weighted by Crippen LogP contribution is 2.09. The van der Waals surface area contributed by atoms with Gasteiger partial charge in [-0.1, -0.05) is 41.5 Å². The number of nitrogens with two attached hydrogens (primary N) is 1. The van der Waals surface area contributed by atoms with Crippen LogP contribution in [0.5, 0.6) is 0 Å². The highest BCUT2D eigenvalue weighted by Gasteiger charge is 2.01. The summed E-state index contributed by atoms with van der Waals surface area (Å²) in [6, 6.07) is 13.9. The van der Waals surface area contributed by atoms with Crippen LogP contribution >= 0.6 is 0 Å². The fraction of sp³-hybridized carbons (Fsp3) is 0.235. The van der Waals surface area contributed by atoms with Gasteiger partial charge in [0.1, 0.15) is 0 Å². The number of primary amides is 1. The molecule has 2 aromatic rings. The Balaban J connectivity index is 1.95. The summed E-state index contributed by atoms with van der Waals surface area (Å²) in [4.78, 5) is 11.1. The van der Waals surface area contributed by atoms with E-state index in [1.54, 1.807) is 6.07 Å². The predicted octanol–water partition coefficient (Wildman–Crippen LogP) is 2.69. The van der Waals surface area contributed by atoms with Crippen LogP contribution < -0.4 is 11.1 Å². The third-order valence-electron chi connectivity index (χ3n) is 3.15. The highest BCUT2D eigenvalue weighted by molar-refractivity contribution is 5.92. The molecule has 3 N–H and O–H groups in total. The maximum atomic E-state index is 11.1. The number of nitrogens with one attached hydrogen (secondary N) is 1. The number of carbonyl (C=O) groups is 1. The van der Waals surface area contributed by atoms with Gasteiger partial charge in [0.25, 0.3) is 0 Å². The molecule has 0 radical (unpaired) electrons. The molecule has 1 amide bonds. The number of hydrogen-bond acceptors (Lipinski definition) is 2. The van der Waals surface area contributed by atoms with Gasteiger partial charge in [-0.3, -0.25) is 4.79 Å². The van der Waals surface area contributed by atoms with Crippen LogP contribution in [-0.4, -0.2) is 5.91 Å². The molecule has 0 heterocycles. The minimum atomic E-state index is -0.388. The third-order valence-corrected chi connectivity index (χ3v) is 3.15. The summed E-state index contributed by atoms with van der Waals surface area (Å²) in [5.74, 6) is -0.388. The Morgan fingerprint density at radius 3 is 2.30 bits per heavy atom. The molecule has 0 saturated heterocycles. The number of carbonyl (C=O) groups excluding carboxylic acids is 1. The van der Waals surface area contributed by atoms with Crippen LogP contribution in [0, 0.1) is 13.8 Å². The van der Waals surface area contributed by atoms with E-state index in [1.807, 2.05) is 18.2 Å². The molecule has 3 nitrogen and oxygen atoms in total. The average molecular weight is 268 g/mol. The van der Waals surface area contributed by atoms with Crippen LogP contribution in [0.2, 0.25) is 0 Å². The van der Waals surface area contributed by atoms with Crippen molar-refractivity contribution >= 4 is 5.91 Å². The first kappa shape index (κ1) is 14.3. The fourth-order valence-corrected chi connectivity index (χ4v) is 2.36. The summed E-state index contributed by atoms with van der Waals surface area (Å²) in [6.07, 6.45) is 0. The highest BCUT2D eigenvalue weighted by atomic mass is 16.1. The van der Waals surface area contributed by atoms with Crippen molar-refractivity contribution in [2.45, 2.75) is 26.9 Å². The van der Waals surface area contributed by atoms with Crippen molar-refractivity contribution in [3.05, 3.63) is 70.3 Å². The molecule has 0 bridgehead atoms. The quantitative estimate of drug-likeness (QED) is 0.876. The number of rotatable bonds is 5. The Bertz CT molecular complexity index is 600. The van der Waals surface area contributed by atoms with Gasteiger partial charge in [0.05, 0.1) is 0 Å². The molecule has 0 aliphatic carbocycles. The smallest absolute Gasteiger partial charge is 0.248 e. The molecule has 20 heavy (non-hydrogen) atoms. The fourth-order valence-electron chi connectivity index (χ4n) is 2.36. The van der Waals surface area contributed by atoms with E-state index < -0.39 is 0 Å². The maximum Gasteiger partial charge on any atom is 0.248 e. The monoisotopic (exact) mass is 268 g/mol. The van der Waals surface area contributed by atoms with Gasteiger partial charge < -0.3 is 11.1 Å². The molecule has 0 spiro atoms. The molecule has 104 valence electrons. The summed E-state index contributed by atoms with van der Waals surface area (Å²) in [5, 5.41) is 3.39. The minimum absolute atomic E-state index is 0.388. The van der Waals surface area contributed by atoms with Gasteiger partial charge in [-0.2, -0.15) is 0 Å². The molecular weight excluding hydrogens is 248 g/mol. The lowest BCUT2D eigenvalue weighted by molar-refractivity contribution is 0.1000. The first-order chi connectivity index (χ1) is 9.54. The first-order valence-corrected chi connectivity index (χ1v) is 6.71. The van der Waals surface area contributed by atoms with Crippen molar-refractivity contribution in [2.75, 3.05) is 0 Å². The van der Waals surface area contributed by atoms with Crippen LogP contribution in [-0.2, 0) is 13.1 Å². The van der Waals surface area contributed by atoms with E-state index in [1.165, 1.54) is 16.7 Å². The second-order valence-corrected chi connectivity index (χ2v) is 5.16. The van der Waals surface area contributed by atoms with Gasteiger partial charge in [-0.05, 0) is 37.1 Å². The van der Waals surface area contributed by atoms with Crippen molar-refractivity contribution in [1.82, 2.24) is 5.32 Å². The van der Waals surface area contributed by atoms with Gasteiger partial charge in [-0.15, -0.1) is 0 Å². The van der Waals surface area contributed by atoms with Crippen LogP contribution in [0.4, 0.5) is 0 Å². The summed E-state index contributed by atoms with van der Waals surface area (Å²) < 4.78 is 0. The third kappa shape index (κ3) is 3.93. The number of amides is 1. The molecule has 2 aromatic carbocycles. The molecular formula is C17H20N2O. The summed E-state index contributed by atoms with van der Waals surface area (Å²) in [5.41, 5.74) is 10.7. The van der Waals surface area contributed by atoms with Gasteiger partial charge in [0.15, 0.2) is 0 Å². The van der Waals surface area contributed by atoms with Crippen molar-refractivity contribution in [3.63, 3.8) is 0 Å². The normalized spacial score (nSPS) is 10.5. The van der Waals surface area contributed by atoms with Crippen molar-refractivity contribution in [3.8, 4) is 0 Å². The van der Waals surface area contributed by atoms with Crippen molar-refractivity contribution in [2.24, 2.45) is 5.73 Å². The zero-order valence-electron chi connectivity index (χ0n) is 11.9. The van der Waals surface area contributed by atoms with Gasteiger partial charge in [-0.25, -0.2) is 0 Å². The summed E-state index contributed by atoms with van der Waals surface area (Å²) >= 11 is 0. The topological polar surface area (TPSA) is 55.1 Å². The number of hydrogen-bond donors (Lipinski definition) is 2. The van der Waals surface area contributed by atoms with Crippen LogP contribution in [0.25, 0.3) is 0 Å². The summed E-state index contributed by atoms with van der Waals surface area (Å²) in [6.45, 7) is 5.73. The maximum absolute atomic E-state index is 11.1.